The van der Waals surface area contributed by atoms with Crippen molar-refractivity contribution < 1.29 is 4.79 Å². The second-order valence-electron chi connectivity index (χ2n) is 5.82. The Morgan fingerprint density at radius 2 is 2.00 bits per heavy atom. The summed E-state index contributed by atoms with van der Waals surface area (Å²) in [7, 11) is 0. The van der Waals surface area contributed by atoms with Gasteiger partial charge in [0.25, 0.3) is 0 Å². The number of benzene rings is 1. The van der Waals surface area contributed by atoms with Gasteiger partial charge in [-0.05, 0) is 17.7 Å². The summed E-state index contributed by atoms with van der Waals surface area (Å²) >= 11 is 1.64. The van der Waals surface area contributed by atoms with E-state index in [4.69, 9.17) is 0 Å². The molecule has 4 rings (SSSR count). The van der Waals surface area contributed by atoms with Crippen LogP contribution >= 0.6 is 11.8 Å². The van der Waals surface area contributed by atoms with Crippen molar-refractivity contribution in [3.8, 4) is 0 Å². The van der Waals surface area contributed by atoms with E-state index in [0.29, 0.717) is 0 Å². The number of hydrogen-bond acceptors (Lipinski definition) is 5. The number of hydrogen-bond donors (Lipinski definition) is 3. The van der Waals surface area contributed by atoms with Gasteiger partial charge in [0.1, 0.15) is 11.7 Å². The summed E-state index contributed by atoms with van der Waals surface area (Å²) in [5.41, 5.74) is 5.29. The lowest BCUT2D eigenvalue weighted by Crippen LogP contribution is -2.65. The molecule has 3 atom stereocenters. The summed E-state index contributed by atoms with van der Waals surface area (Å²) in [5, 5.41) is 8.17. The number of carbonyl (C=O) groups excluding carboxylic acids is 1. The highest BCUT2D eigenvalue weighted by Crippen LogP contribution is 2.29. The van der Waals surface area contributed by atoms with Gasteiger partial charge in [0.05, 0.1) is 5.69 Å². The number of thioether (sulfide) groups is 1. The van der Waals surface area contributed by atoms with Crippen molar-refractivity contribution in [2.45, 2.75) is 23.3 Å². The lowest BCUT2D eigenvalue weighted by Gasteiger charge is -2.37. The normalized spacial score (nSPS) is 26.1. The number of nitrogens with one attached hydrogen (secondary N) is 3. The molecule has 1 aromatic carbocycles. The Balaban J connectivity index is 1.45. The van der Waals surface area contributed by atoms with Crippen molar-refractivity contribution in [3.63, 3.8) is 0 Å². The molecule has 0 aliphatic carbocycles. The minimum Gasteiger partial charge on any atom is -0.312 e. The van der Waals surface area contributed by atoms with E-state index in [-0.39, 0.29) is 23.6 Å². The molecule has 3 N–H and O–H groups in total. The van der Waals surface area contributed by atoms with Gasteiger partial charge >= 0.3 is 6.03 Å². The summed E-state index contributed by atoms with van der Waals surface area (Å²) < 4.78 is 0. The Bertz CT molecular complexity index is 699. The molecule has 3 heterocycles. The zero-order chi connectivity index (χ0) is 16.4. The summed E-state index contributed by atoms with van der Waals surface area (Å²) in [6.45, 7) is 0.743. The first-order valence-electron chi connectivity index (χ1n) is 7.97. The number of rotatable bonds is 4. The summed E-state index contributed by atoms with van der Waals surface area (Å²) in [4.78, 5) is 16.7. The first kappa shape index (κ1) is 15.4. The van der Waals surface area contributed by atoms with Crippen LogP contribution in [-0.4, -0.2) is 34.2 Å². The van der Waals surface area contributed by atoms with E-state index < -0.39 is 0 Å². The largest absolute Gasteiger partial charge is 0.335 e. The molecule has 2 aliphatic heterocycles. The number of nitrogens with zero attached hydrogens (tertiary/aromatic N) is 2. The van der Waals surface area contributed by atoms with Crippen molar-refractivity contribution in [1.29, 1.82) is 0 Å². The van der Waals surface area contributed by atoms with Gasteiger partial charge in [-0.3, -0.25) is 10.3 Å². The fourth-order valence-electron chi connectivity index (χ4n) is 3.10. The van der Waals surface area contributed by atoms with Crippen LogP contribution in [-0.2, 0) is 5.75 Å². The summed E-state index contributed by atoms with van der Waals surface area (Å²) in [6, 6.07) is 16.1. The van der Waals surface area contributed by atoms with Crippen molar-refractivity contribution >= 4 is 17.8 Å². The monoisotopic (exact) mass is 341 g/mol. The van der Waals surface area contributed by atoms with Gasteiger partial charge in [0.2, 0.25) is 0 Å². The first-order valence-corrected chi connectivity index (χ1v) is 9.02. The van der Waals surface area contributed by atoms with Gasteiger partial charge in [-0.2, -0.15) is 0 Å². The number of aromatic nitrogens is 1. The van der Waals surface area contributed by atoms with Crippen LogP contribution < -0.4 is 16.1 Å². The van der Waals surface area contributed by atoms with Gasteiger partial charge in [-0.25, -0.2) is 15.2 Å². The molecule has 2 amide bonds. The molecule has 0 bridgehead atoms. The van der Waals surface area contributed by atoms with E-state index >= 15 is 0 Å². The Labute approximate surface area is 145 Å². The number of amides is 2. The van der Waals surface area contributed by atoms with Crippen LogP contribution in [0.2, 0.25) is 0 Å². The predicted octanol–water partition coefficient (Wildman–Crippen LogP) is 1.84. The molecular weight excluding hydrogens is 322 g/mol. The highest BCUT2D eigenvalue weighted by Gasteiger charge is 2.43. The van der Waals surface area contributed by atoms with Crippen LogP contribution in [0.15, 0.2) is 54.7 Å². The zero-order valence-corrected chi connectivity index (χ0v) is 13.9. The molecule has 3 unspecified atom stereocenters. The highest BCUT2D eigenvalue weighted by atomic mass is 32.2. The maximum Gasteiger partial charge on any atom is 0.335 e. The SMILES string of the molecule is O=C1NC(SCc2ccccn2)NC2C(c3ccccc3)CNN12. The third-order valence-corrected chi connectivity index (χ3v) is 5.34. The molecule has 2 aromatic rings. The maximum atomic E-state index is 12.4. The van der Waals surface area contributed by atoms with Crippen LogP contribution in [0.1, 0.15) is 17.2 Å². The van der Waals surface area contributed by atoms with E-state index in [1.807, 2.05) is 36.4 Å². The number of pyridine rings is 1. The van der Waals surface area contributed by atoms with Gasteiger partial charge in [-0.1, -0.05) is 36.4 Å². The van der Waals surface area contributed by atoms with E-state index in [1.54, 1.807) is 23.0 Å². The lowest BCUT2D eigenvalue weighted by molar-refractivity contribution is 0.128. The maximum absolute atomic E-state index is 12.4. The number of fused-ring (bicyclic) bond motifs is 1. The second-order valence-corrected chi connectivity index (χ2v) is 6.92. The summed E-state index contributed by atoms with van der Waals surface area (Å²) in [5.74, 6) is 0.977. The minimum absolute atomic E-state index is 0.0533. The van der Waals surface area contributed by atoms with E-state index in [2.05, 4.69) is 33.2 Å². The van der Waals surface area contributed by atoms with Gasteiger partial charge in [0, 0.05) is 24.4 Å². The van der Waals surface area contributed by atoms with Crippen molar-refractivity contribution in [2.24, 2.45) is 0 Å². The van der Waals surface area contributed by atoms with Crippen molar-refractivity contribution in [1.82, 2.24) is 26.1 Å². The zero-order valence-electron chi connectivity index (χ0n) is 13.1. The third kappa shape index (κ3) is 3.10. The second kappa shape index (κ2) is 6.80. The van der Waals surface area contributed by atoms with E-state index in [9.17, 15) is 4.79 Å². The van der Waals surface area contributed by atoms with Crippen molar-refractivity contribution in [3.05, 3.63) is 66.0 Å². The van der Waals surface area contributed by atoms with E-state index in [0.717, 1.165) is 18.0 Å². The van der Waals surface area contributed by atoms with Gasteiger partial charge < -0.3 is 5.32 Å². The van der Waals surface area contributed by atoms with Crippen LogP contribution in [0.25, 0.3) is 0 Å². The van der Waals surface area contributed by atoms with Crippen LogP contribution in [0.3, 0.4) is 0 Å². The molecule has 1 aromatic heterocycles. The molecule has 2 fully saturated rings. The summed E-state index contributed by atoms with van der Waals surface area (Å²) in [6.07, 6.45) is 1.74. The molecule has 24 heavy (non-hydrogen) atoms. The van der Waals surface area contributed by atoms with Gasteiger partial charge in [-0.15, -0.1) is 11.8 Å². The quantitative estimate of drug-likeness (QED) is 0.792. The molecular formula is C17H19N5OS. The molecule has 7 heteroatoms. The average Bonchev–Trinajstić information content (AvgIpc) is 3.06. The lowest BCUT2D eigenvalue weighted by atomic mass is 9.97. The van der Waals surface area contributed by atoms with Gasteiger partial charge in [0.15, 0.2) is 0 Å². The minimum atomic E-state index is -0.133. The molecule has 0 saturated carbocycles. The standard InChI is InChI=1S/C17H19N5OS/c23-17-21-16(24-11-13-8-4-5-9-18-13)20-15-14(10-19-22(15)17)12-6-2-1-3-7-12/h1-9,14-16,19-20H,10-11H2,(H,21,23). The number of urea groups is 1. The molecule has 2 saturated heterocycles. The van der Waals surface area contributed by atoms with Crippen LogP contribution in [0, 0.1) is 0 Å². The Morgan fingerprint density at radius 1 is 1.17 bits per heavy atom. The Hall–Kier alpha value is -2.09. The molecule has 0 radical (unpaired) electrons. The van der Waals surface area contributed by atoms with E-state index in [1.165, 1.54) is 5.56 Å². The first-order chi connectivity index (χ1) is 11.8. The molecule has 0 spiro atoms. The molecule has 6 nitrogen and oxygen atoms in total. The fourth-order valence-corrected chi connectivity index (χ4v) is 4.02. The fraction of sp³-hybridized carbons (Fsp3) is 0.294. The highest BCUT2D eigenvalue weighted by molar-refractivity contribution is 7.99. The number of carbonyl (C=O) groups is 1. The third-order valence-electron chi connectivity index (χ3n) is 4.29. The average molecular weight is 341 g/mol. The Kier molecular flexibility index (Phi) is 4.38. The number of hydrazine groups is 1. The molecule has 124 valence electrons. The smallest absolute Gasteiger partial charge is 0.312 e. The molecule has 2 aliphatic rings. The predicted molar refractivity (Wildman–Crippen MR) is 93.8 cm³/mol. The topological polar surface area (TPSA) is 69.3 Å². The van der Waals surface area contributed by atoms with Crippen molar-refractivity contribution in [2.75, 3.05) is 6.54 Å². The Morgan fingerprint density at radius 3 is 2.79 bits per heavy atom. The van der Waals surface area contributed by atoms with Crippen LogP contribution in [0.5, 0.6) is 0 Å². The van der Waals surface area contributed by atoms with Crippen LogP contribution in [0.4, 0.5) is 4.79 Å².